The summed E-state index contributed by atoms with van der Waals surface area (Å²) >= 11 is 0. The van der Waals surface area contributed by atoms with Crippen molar-refractivity contribution in [3.63, 3.8) is 0 Å². The van der Waals surface area contributed by atoms with Gasteiger partial charge in [-0.25, -0.2) is 0 Å². The Labute approximate surface area is 201 Å². The first-order valence-electron chi connectivity index (χ1n) is 12.9. The van der Waals surface area contributed by atoms with Crippen LogP contribution in [0, 0.1) is 11.8 Å². The minimum Gasteiger partial charge on any atom is -0.361 e. The molecule has 3 aromatic rings. The molecule has 2 aliphatic carbocycles. The van der Waals surface area contributed by atoms with E-state index in [0.717, 1.165) is 59.8 Å². The van der Waals surface area contributed by atoms with Crippen LogP contribution in [0.5, 0.6) is 0 Å². The summed E-state index contributed by atoms with van der Waals surface area (Å²) in [4.78, 5) is 28.9. The van der Waals surface area contributed by atoms with Crippen LogP contribution in [0.1, 0.15) is 75.1 Å². The number of fused-ring (bicyclic) bond motifs is 1. The average molecular weight is 458 g/mol. The Balaban J connectivity index is 1.31. The Hall–Kier alpha value is -3.08. The highest BCUT2D eigenvalue weighted by Crippen LogP contribution is 2.32. The van der Waals surface area contributed by atoms with E-state index in [1.54, 1.807) is 0 Å². The second-order valence-electron chi connectivity index (χ2n) is 10.2. The zero-order chi connectivity index (χ0) is 23.5. The predicted molar refractivity (Wildman–Crippen MR) is 138 cm³/mol. The van der Waals surface area contributed by atoms with Gasteiger partial charge in [0.15, 0.2) is 0 Å². The van der Waals surface area contributed by atoms with Gasteiger partial charge in [0.1, 0.15) is 0 Å². The van der Waals surface area contributed by atoms with Crippen LogP contribution in [-0.4, -0.2) is 22.8 Å². The van der Waals surface area contributed by atoms with Crippen LogP contribution in [0.4, 0.5) is 5.69 Å². The zero-order valence-corrected chi connectivity index (χ0v) is 20.0. The van der Waals surface area contributed by atoms with Crippen LogP contribution in [0.25, 0.3) is 22.0 Å². The molecule has 3 N–H and O–H groups in total. The Morgan fingerprint density at radius 3 is 2.38 bits per heavy atom. The van der Waals surface area contributed by atoms with E-state index in [-0.39, 0.29) is 17.7 Å². The Kier molecular flexibility index (Phi) is 6.70. The number of carbonyl (C=O) groups excluding carboxylic acids is 2. The normalized spacial score (nSPS) is 21.3. The van der Waals surface area contributed by atoms with Gasteiger partial charge in [-0.2, -0.15) is 0 Å². The largest absolute Gasteiger partial charge is 0.361 e. The van der Waals surface area contributed by atoms with Crippen LogP contribution in [0.3, 0.4) is 0 Å². The molecule has 0 bridgehead atoms. The van der Waals surface area contributed by atoms with Gasteiger partial charge in [0, 0.05) is 45.9 Å². The van der Waals surface area contributed by atoms with Crippen LogP contribution >= 0.6 is 0 Å². The maximum Gasteiger partial charge on any atom is 0.251 e. The molecule has 0 radical (unpaired) electrons. The fraction of sp³-hybridized carbons (Fsp3) is 0.448. The summed E-state index contributed by atoms with van der Waals surface area (Å²) < 4.78 is 0. The van der Waals surface area contributed by atoms with Crippen LogP contribution in [0.15, 0.2) is 48.7 Å². The Morgan fingerprint density at radius 1 is 0.882 bits per heavy atom. The second-order valence-corrected chi connectivity index (χ2v) is 10.2. The zero-order valence-electron chi connectivity index (χ0n) is 20.0. The number of H-pyrrole nitrogens is 1. The minimum atomic E-state index is 0.0101. The van der Waals surface area contributed by atoms with Gasteiger partial charge >= 0.3 is 0 Å². The lowest BCUT2D eigenvalue weighted by atomic mass is 9.80. The van der Waals surface area contributed by atoms with Gasteiger partial charge in [-0.05, 0) is 67.5 Å². The van der Waals surface area contributed by atoms with Crippen molar-refractivity contribution in [3.8, 4) is 11.1 Å². The lowest BCUT2D eigenvalue weighted by Gasteiger charge is -2.27. The molecule has 1 aromatic heterocycles. The SMILES string of the molecule is CC1CCCCC1C(=O)Nc1ccc(-c2c[nH]c3ccc(C(=O)NC4CCCCC4)cc23)cc1. The summed E-state index contributed by atoms with van der Waals surface area (Å²) in [6, 6.07) is 14.2. The molecule has 2 fully saturated rings. The lowest BCUT2D eigenvalue weighted by Crippen LogP contribution is -2.36. The van der Waals surface area contributed by atoms with Crippen LogP contribution < -0.4 is 10.6 Å². The van der Waals surface area contributed by atoms with Gasteiger partial charge in [-0.1, -0.05) is 51.2 Å². The summed E-state index contributed by atoms with van der Waals surface area (Å²) in [7, 11) is 0. The van der Waals surface area contributed by atoms with Crippen molar-refractivity contribution < 1.29 is 9.59 Å². The van der Waals surface area contributed by atoms with Gasteiger partial charge in [0.25, 0.3) is 5.91 Å². The second kappa shape index (κ2) is 10.0. The summed E-state index contributed by atoms with van der Waals surface area (Å²) in [6.45, 7) is 2.19. The molecule has 2 unspecified atom stereocenters. The van der Waals surface area contributed by atoms with E-state index >= 15 is 0 Å². The fourth-order valence-electron chi connectivity index (χ4n) is 5.69. The third-order valence-electron chi connectivity index (χ3n) is 7.80. The summed E-state index contributed by atoms with van der Waals surface area (Å²) in [6.07, 6.45) is 12.3. The first kappa shape index (κ1) is 22.7. The molecule has 0 saturated heterocycles. The number of aromatic nitrogens is 1. The molecule has 34 heavy (non-hydrogen) atoms. The molecule has 2 saturated carbocycles. The molecule has 2 atom stereocenters. The first-order chi connectivity index (χ1) is 16.6. The number of aromatic amines is 1. The molecule has 5 nitrogen and oxygen atoms in total. The summed E-state index contributed by atoms with van der Waals surface area (Å²) in [5.41, 5.74) is 4.65. The molecule has 5 rings (SSSR count). The topological polar surface area (TPSA) is 74.0 Å². The van der Waals surface area contributed by atoms with E-state index in [9.17, 15) is 9.59 Å². The summed E-state index contributed by atoms with van der Waals surface area (Å²) in [5.74, 6) is 0.709. The smallest absolute Gasteiger partial charge is 0.251 e. The number of benzene rings is 2. The minimum absolute atomic E-state index is 0.0101. The number of rotatable bonds is 5. The molecule has 2 amide bonds. The van der Waals surface area contributed by atoms with E-state index in [0.29, 0.717) is 17.5 Å². The highest BCUT2D eigenvalue weighted by atomic mass is 16.2. The van der Waals surface area contributed by atoms with Gasteiger partial charge in [-0.15, -0.1) is 0 Å². The monoisotopic (exact) mass is 457 g/mol. The molecule has 2 aliphatic rings. The Bertz CT molecular complexity index is 1160. The molecule has 178 valence electrons. The van der Waals surface area contributed by atoms with Crippen molar-refractivity contribution in [3.05, 3.63) is 54.2 Å². The maximum absolute atomic E-state index is 12.9. The van der Waals surface area contributed by atoms with E-state index in [4.69, 9.17) is 0 Å². The maximum atomic E-state index is 12.9. The van der Waals surface area contributed by atoms with E-state index in [1.807, 2.05) is 48.7 Å². The average Bonchev–Trinajstić information content (AvgIpc) is 3.29. The summed E-state index contributed by atoms with van der Waals surface area (Å²) in [5, 5.41) is 7.36. The van der Waals surface area contributed by atoms with Crippen molar-refractivity contribution >= 4 is 28.4 Å². The van der Waals surface area contributed by atoms with Gasteiger partial charge in [0.05, 0.1) is 0 Å². The number of amides is 2. The number of hydrogen-bond donors (Lipinski definition) is 3. The third kappa shape index (κ3) is 4.89. The highest BCUT2D eigenvalue weighted by Gasteiger charge is 2.27. The van der Waals surface area contributed by atoms with E-state index in [1.165, 1.54) is 25.7 Å². The predicted octanol–water partition coefficient (Wildman–Crippen LogP) is 6.66. The number of hydrogen-bond acceptors (Lipinski definition) is 2. The number of anilines is 1. The van der Waals surface area contributed by atoms with Crippen molar-refractivity contribution in [1.29, 1.82) is 0 Å². The molecular formula is C29H35N3O2. The lowest BCUT2D eigenvalue weighted by molar-refractivity contribution is -0.122. The molecule has 0 aliphatic heterocycles. The van der Waals surface area contributed by atoms with Crippen LogP contribution in [0.2, 0.25) is 0 Å². The molecule has 2 aromatic carbocycles. The van der Waals surface area contributed by atoms with Crippen molar-refractivity contribution in [2.75, 3.05) is 5.32 Å². The van der Waals surface area contributed by atoms with Crippen molar-refractivity contribution in [2.45, 2.75) is 70.8 Å². The molecular weight excluding hydrogens is 422 g/mol. The molecule has 1 heterocycles. The fourth-order valence-corrected chi connectivity index (χ4v) is 5.69. The number of nitrogens with one attached hydrogen (secondary N) is 3. The highest BCUT2D eigenvalue weighted by molar-refractivity contribution is 6.03. The van der Waals surface area contributed by atoms with Crippen molar-refractivity contribution in [1.82, 2.24) is 10.3 Å². The van der Waals surface area contributed by atoms with Gasteiger partial charge in [-0.3, -0.25) is 9.59 Å². The first-order valence-corrected chi connectivity index (χ1v) is 12.9. The standard InChI is InChI=1S/C29H35N3O2/c1-19-7-5-6-10-24(19)29(34)32-23-14-11-20(12-15-23)26-18-30-27-16-13-21(17-25(26)27)28(33)31-22-8-3-2-4-9-22/h11-19,22,24,30H,2-10H2,1H3,(H,31,33)(H,32,34). The van der Waals surface area contributed by atoms with E-state index in [2.05, 4.69) is 22.5 Å². The Morgan fingerprint density at radius 2 is 1.62 bits per heavy atom. The molecule has 5 heteroatoms. The quantitative estimate of drug-likeness (QED) is 0.401. The van der Waals surface area contributed by atoms with Crippen molar-refractivity contribution in [2.24, 2.45) is 11.8 Å². The molecule has 0 spiro atoms. The number of carbonyl (C=O) groups is 2. The third-order valence-corrected chi connectivity index (χ3v) is 7.80. The van der Waals surface area contributed by atoms with Gasteiger partial charge in [0.2, 0.25) is 5.91 Å². The van der Waals surface area contributed by atoms with E-state index < -0.39 is 0 Å². The van der Waals surface area contributed by atoms with Gasteiger partial charge < -0.3 is 15.6 Å². The van der Waals surface area contributed by atoms with Crippen LogP contribution in [-0.2, 0) is 4.79 Å².